The molecule has 0 unspecified atom stereocenters. The van der Waals surface area contributed by atoms with Crippen molar-refractivity contribution in [3.8, 4) is 0 Å². The molecule has 5 nitrogen and oxygen atoms in total. The van der Waals surface area contributed by atoms with Crippen molar-refractivity contribution in [1.29, 1.82) is 0 Å². The second kappa shape index (κ2) is 6.49. The number of carbonyl (C=O) groups excluding carboxylic acids is 1. The van der Waals surface area contributed by atoms with Crippen LogP contribution in [0, 0.1) is 0 Å². The summed E-state index contributed by atoms with van der Waals surface area (Å²) in [6, 6.07) is 7.43. The number of carbonyl (C=O) groups is 1. The van der Waals surface area contributed by atoms with Gasteiger partial charge in [0.05, 0.1) is 5.75 Å². The van der Waals surface area contributed by atoms with E-state index in [-0.39, 0.29) is 11.7 Å². The van der Waals surface area contributed by atoms with Crippen molar-refractivity contribution in [3.63, 3.8) is 0 Å². The Morgan fingerprint density at radius 3 is 2.95 bits per heavy atom. The summed E-state index contributed by atoms with van der Waals surface area (Å²) >= 11 is 7.28. The van der Waals surface area contributed by atoms with E-state index in [0.717, 1.165) is 18.4 Å². The van der Waals surface area contributed by atoms with Gasteiger partial charge in [-0.05, 0) is 24.5 Å². The fourth-order valence-corrected chi connectivity index (χ4v) is 2.59. The zero-order valence-corrected chi connectivity index (χ0v) is 12.8. The van der Waals surface area contributed by atoms with Gasteiger partial charge in [0.1, 0.15) is 0 Å². The minimum atomic E-state index is -0.0916. The molecule has 21 heavy (non-hydrogen) atoms. The molecule has 1 fully saturated rings. The van der Waals surface area contributed by atoms with Gasteiger partial charge in [0.2, 0.25) is 11.8 Å². The average molecular weight is 324 g/mol. The number of halogens is 1. The van der Waals surface area contributed by atoms with Crippen molar-refractivity contribution in [2.24, 2.45) is 0 Å². The van der Waals surface area contributed by atoms with Crippen LogP contribution < -0.4 is 5.32 Å². The molecule has 1 N–H and O–H groups in total. The largest absolute Gasteiger partial charge is 0.416 e. The smallest absolute Gasteiger partial charge is 0.277 e. The Morgan fingerprint density at radius 1 is 1.38 bits per heavy atom. The Labute approximate surface area is 131 Å². The Morgan fingerprint density at radius 2 is 2.19 bits per heavy atom. The number of nitrogens with zero attached hydrogens (tertiary/aromatic N) is 2. The van der Waals surface area contributed by atoms with E-state index < -0.39 is 0 Å². The van der Waals surface area contributed by atoms with Crippen LogP contribution in [0.3, 0.4) is 0 Å². The van der Waals surface area contributed by atoms with Crippen LogP contribution in [0.4, 0.5) is 0 Å². The zero-order valence-electron chi connectivity index (χ0n) is 11.2. The molecule has 3 rings (SSSR count). The first-order chi connectivity index (χ1) is 10.2. The molecular formula is C14H14ClN3O2S. The molecule has 1 aromatic heterocycles. The summed E-state index contributed by atoms with van der Waals surface area (Å²) in [5.74, 6) is 1.28. The number of hydrogen-bond acceptors (Lipinski definition) is 5. The summed E-state index contributed by atoms with van der Waals surface area (Å²) in [6.07, 6.45) is 2.23. The van der Waals surface area contributed by atoms with Crippen LogP contribution >= 0.6 is 23.4 Å². The number of benzene rings is 1. The maximum atomic E-state index is 11.8. The molecule has 0 spiro atoms. The normalized spacial score (nSPS) is 14.1. The second-order valence-corrected chi connectivity index (χ2v) is 6.17. The third kappa shape index (κ3) is 3.98. The molecular weight excluding hydrogens is 310 g/mol. The van der Waals surface area contributed by atoms with Gasteiger partial charge in [0, 0.05) is 17.5 Å². The van der Waals surface area contributed by atoms with Crippen molar-refractivity contribution in [2.45, 2.75) is 30.5 Å². The highest BCUT2D eigenvalue weighted by molar-refractivity contribution is 7.99. The minimum Gasteiger partial charge on any atom is -0.416 e. The maximum Gasteiger partial charge on any atom is 0.277 e. The molecule has 110 valence electrons. The highest BCUT2D eigenvalue weighted by atomic mass is 35.5. The van der Waals surface area contributed by atoms with E-state index in [1.54, 1.807) is 6.07 Å². The summed E-state index contributed by atoms with van der Waals surface area (Å²) in [4.78, 5) is 11.8. The van der Waals surface area contributed by atoms with Crippen LogP contribution in [-0.2, 0) is 11.3 Å². The first-order valence-corrected chi connectivity index (χ1v) is 8.05. The number of hydrogen-bond donors (Lipinski definition) is 1. The molecule has 1 aliphatic carbocycles. The van der Waals surface area contributed by atoms with E-state index in [1.807, 2.05) is 18.2 Å². The molecule has 0 bridgehead atoms. The predicted molar refractivity (Wildman–Crippen MR) is 80.3 cm³/mol. The molecule has 1 saturated carbocycles. The van der Waals surface area contributed by atoms with Crippen LogP contribution in [0.2, 0.25) is 5.02 Å². The van der Waals surface area contributed by atoms with Gasteiger partial charge in [0.25, 0.3) is 5.22 Å². The fourth-order valence-electron chi connectivity index (χ4n) is 1.79. The molecule has 0 radical (unpaired) electrons. The molecule has 2 aromatic rings. The second-order valence-electron chi connectivity index (χ2n) is 4.84. The van der Waals surface area contributed by atoms with Gasteiger partial charge >= 0.3 is 0 Å². The summed E-state index contributed by atoms with van der Waals surface area (Å²) in [6.45, 7) is 0.413. The lowest BCUT2D eigenvalue weighted by atomic mass is 10.2. The minimum absolute atomic E-state index is 0.0916. The molecule has 7 heteroatoms. The standard InChI is InChI=1S/C14H14ClN3O2S/c15-11-4-2-1-3-10(11)7-16-12(19)8-21-14-18-17-13(20-14)9-5-6-9/h1-4,9H,5-8H2,(H,16,19). The van der Waals surface area contributed by atoms with Gasteiger partial charge in [-0.1, -0.05) is 41.6 Å². The highest BCUT2D eigenvalue weighted by Gasteiger charge is 2.29. The summed E-state index contributed by atoms with van der Waals surface area (Å²) in [5, 5.41) is 11.8. The molecule has 0 aliphatic heterocycles. The Balaban J connectivity index is 1.44. The third-order valence-corrected chi connectivity index (χ3v) is 4.30. The molecule has 0 saturated heterocycles. The topological polar surface area (TPSA) is 68.0 Å². The number of rotatable bonds is 6. The van der Waals surface area contributed by atoms with Gasteiger partial charge in [-0.25, -0.2) is 0 Å². The highest BCUT2D eigenvalue weighted by Crippen LogP contribution is 2.39. The number of thioether (sulfide) groups is 1. The molecule has 1 aromatic carbocycles. The zero-order chi connectivity index (χ0) is 14.7. The van der Waals surface area contributed by atoms with Gasteiger partial charge < -0.3 is 9.73 Å². The lowest BCUT2D eigenvalue weighted by molar-refractivity contribution is -0.118. The van der Waals surface area contributed by atoms with Crippen molar-refractivity contribution < 1.29 is 9.21 Å². The van der Waals surface area contributed by atoms with E-state index >= 15 is 0 Å². The van der Waals surface area contributed by atoms with Gasteiger partial charge in [-0.2, -0.15) is 0 Å². The Bertz CT molecular complexity index is 643. The maximum absolute atomic E-state index is 11.8. The predicted octanol–water partition coefficient (Wildman–Crippen LogP) is 3.01. The third-order valence-electron chi connectivity index (χ3n) is 3.11. The Hall–Kier alpha value is -1.53. The summed E-state index contributed by atoms with van der Waals surface area (Å²) in [7, 11) is 0. The van der Waals surface area contributed by atoms with E-state index in [9.17, 15) is 4.79 Å². The van der Waals surface area contributed by atoms with E-state index in [2.05, 4.69) is 15.5 Å². The SMILES string of the molecule is O=C(CSc1nnc(C2CC2)o1)NCc1ccccc1Cl. The number of amides is 1. The first kappa shape index (κ1) is 14.4. The van der Waals surface area contributed by atoms with Crippen molar-refractivity contribution in [3.05, 3.63) is 40.7 Å². The van der Waals surface area contributed by atoms with Gasteiger partial charge in [-0.15, -0.1) is 10.2 Å². The first-order valence-electron chi connectivity index (χ1n) is 6.68. The summed E-state index contributed by atoms with van der Waals surface area (Å²) < 4.78 is 5.48. The quantitative estimate of drug-likeness (QED) is 0.828. The monoisotopic (exact) mass is 323 g/mol. The van der Waals surface area contributed by atoms with Crippen molar-refractivity contribution >= 4 is 29.3 Å². The molecule has 1 amide bonds. The molecule has 1 aliphatic rings. The number of aromatic nitrogens is 2. The van der Waals surface area contributed by atoms with Crippen molar-refractivity contribution in [1.82, 2.24) is 15.5 Å². The van der Waals surface area contributed by atoms with Crippen LogP contribution in [0.15, 0.2) is 33.9 Å². The van der Waals surface area contributed by atoms with Crippen LogP contribution in [-0.4, -0.2) is 21.9 Å². The van der Waals surface area contributed by atoms with Crippen molar-refractivity contribution in [2.75, 3.05) is 5.75 Å². The molecule has 1 heterocycles. The van der Waals surface area contributed by atoms with E-state index in [0.29, 0.717) is 28.6 Å². The van der Waals surface area contributed by atoms with E-state index in [4.69, 9.17) is 16.0 Å². The average Bonchev–Trinajstić information content (AvgIpc) is 3.23. The lowest BCUT2D eigenvalue weighted by Crippen LogP contribution is -2.24. The fraction of sp³-hybridized carbons (Fsp3) is 0.357. The van der Waals surface area contributed by atoms with Crippen LogP contribution in [0.25, 0.3) is 0 Å². The van der Waals surface area contributed by atoms with Crippen LogP contribution in [0.1, 0.15) is 30.2 Å². The van der Waals surface area contributed by atoms with Gasteiger partial charge in [0.15, 0.2) is 0 Å². The lowest BCUT2D eigenvalue weighted by Gasteiger charge is -2.05. The number of nitrogens with one attached hydrogen (secondary N) is 1. The van der Waals surface area contributed by atoms with Crippen LogP contribution in [0.5, 0.6) is 0 Å². The Kier molecular flexibility index (Phi) is 4.45. The summed E-state index contributed by atoms with van der Waals surface area (Å²) in [5.41, 5.74) is 0.895. The van der Waals surface area contributed by atoms with Gasteiger partial charge in [-0.3, -0.25) is 4.79 Å². The molecule has 0 atom stereocenters. The van der Waals surface area contributed by atoms with E-state index in [1.165, 1.54) is 11.8 Å².